The monoisotopic (exact) mass is 377 g/mol. The summed E-state index contributed by atoms with van der Waals surface area (Å²) in [6.07, 6.45) is 1.08. The van der Waals surface area contributed by atoms with Crippen molar-refractivity contribution in [3.8, 4) is 0 Å². The molecule has 144 valence electrons. The van der Waals surface area contributed by atoms with E-state index in [0.29, 0.717) is 18.0 Å². The Bertz CT molecular complexity index is 1130. The molecular weight excluding hydrogens is 350 g/mol. The van der Waals surface area contributed by atoms with Crippen LogP contribution in [0.15, 0.2) is 97.1 Å². The second kappa shape index (κ2) is 7.40. The highest BCUT2D eigenvalue weighted by atomic mass is 15.2. The summed E-state index contributed by atoms with van der Waals surface area (Å²) in [5.41, 5.74) is 5.67. The number of anilines is 1. The lowest BCUT2D eigenvalue weighted by molar-refractivity contribution is 0.518. The predicted molar refractivity (Wildman–Crippen MR) is 124 cm³/mol. The standard InChI is InChI=1S/C28H27N/c1-20(24-17-16-23-12-6-7-13-25(23)19-24)29-21(2)27(18-22-10-4-3-5-11-22)26-14-8-9-15-28(26)29/h3-17,19-21,27H,18H2,1-2H3. The van der Waals surface area contributed by atoms with E-state index in [1.54, 1.807) is 0 Å². The first kappa shape index (κ1) is 18.0. The smallest absolute Gasteiger partial charge is 0.0517 e. The predicted octanol–water partition coefficient (Wildman–Crippen LogP) is 7.14. The summed E-state index contributed by atoms with van der Waals surface area (Å²) in [5, 5.41) is 2.62. The number of benzene rings is 4. The maximum atomic E-state index is 2.63. The van der Waals surface area contributed by atoms with Gasteiger partial charge in [0.05, 0.1) is 6.04 Å². The van der Waals surface area contributed by atoms with Gasteiger partial charge in [-0.15, -0.1) is 0 Å². The summed E-state index contributed by atoms with van der Waals surface area (Å²) >= 11 is 0. The lowest BCUT2D eigenvalue weighted by Gasteiger charge is -2.34. The molecule has 1 heterocycles. The van der Waals surface area contributed by atoms with Crippen molar-refractivity contribution in [1.29, 1.82) is 0 Å². The van der Waals surface area contributed by atoms with E-state index in [1.165, 1.54) is 33.2 Å². The summed E-state index contributed by atoms with van der Waals surface area (Å²) in [4.78, 5) is 2.63. The van der Waals surface area contributed by atoms with E-state index >= 15 is 0 Å². The van der Waals surface area contributed by atoms with E-state index in [4.69, 9.17) is 0 Å². The van der Waals surface area contributed by atoms with Crippen LogP contribution in [0.3, 0.4) is 0 Å². The third-order valence-corrected chi connectivity index (χ3v) is 6.61. The van der Waals surface area contributed by atoms with E-state index in [9.17, 15) is 0 Å². The Labute approximate surface area is 173 Å². The van der Waals surface area contributed by atoms with Crippen molar-refractivity contribution in [3.63, 3.8) is 0 Å². The van der Waals surface area contributed by atoms with Crippen LogP contribution in [0.25, 0.3) is 10.8 Å². The Balaban J connectivity index is 1.52. The second-order valence-electron chi connectivity index (χ2n) is 8.29. The molecule has 1 aliphatic rings. The van der Waals surface area contributed by atoms with Crippen LogP contribution in [0.5, 0.6) is 0 Å². The highest BCUT2D eigenvalue weighted by Gasteiger charge is 2.37. The summed E-state index contributed by atoms with van der Waals surface area (Å²) in [6, 6.07) is 36.2. The molecule has 0 fully saturated rings. The van der Waals surface area contributed by atoms with Gasteiger partial charge in [-0.25, -0.2) is 0 Å². The number of nitrogens with zero attached hydrogens (tertiary/aromatic N) is 1. The summed E-state index contributed by atoms with van der Waals surface area (Å²) in [6.45, 7) is 4.74. The lowest BCUT2D eigenvalue weighted by Crippen LogP contribution is -2.34. The summed E-state index contributed by atoms with van der Waals surface area (Å²) in [7, 11) is 0. The van der Waals surface area contributed by atoms with Crippen LogP contribution in [-0.2, 0) is 6.42 Å². The molecule has 4 aromatic rings. The van der Waals surface area contributed by atoms with Crippen LogP contribution in [0.4, 0.5) is 5.69 Å². The highest BCUT2D eigenvalue weighted by molar-refractivity contribution is 5.83. The summed E-state index contributed by atoms with van der Waals surface area (Å²) in [5.74, 6) is 0.511. The Hall–Kier alpha value is -3.06. The van der Waals surface area contributed by atoms with Gasteiger partial charge in [-0.05, 0) is 59.9 Å². The molecule has 1 nitrogen and oxygen atoms in total. The molecule has 0 radical (unpaired) electrons. The van der Waals surface area contributed by atoms with Crippen LogP contribution >= 0.6 is 0 Å². The third-order valence-electron chi connectivity index (χ3n) is 6.61. The zero-order valence-corrected chi connectivity index (χ0v) is 17.1. The van der Waals surface area contributed by atoms with E-state index in [-0.39, 0.29) is 0 Å². The third kappa shape index (κ3) is 3.21. The minimum Gasteiger partial charge on any atom is -0.361 e. The first-order valence-corrected chi connectivity index (χ1v) is 10.6. The number of hydrogen-bond donors (Lipinski definition) is 0. The number of rotatable bonds is 4. The Morgan fingerprint density at radius 3 is 2.28 bits per heavy atom. The Morgan fingerprint density at radius 1 is 0.759 bits per heavy atom. The average Bonchev–Trinajstić information content (AvgIpc) is 3.05. The molecule has 3 unspecified atom stereocenters. The molecule has 0 N–H and O–H groups in total. The SMILES string of the molecule is CC(c1ccc2ccccc2c1)N1c2ccccc2C(Cc2ccccc2)C1C. The zero-order chi connectivity index (χ0) is 19.8. The average molecular weight is 378 g/mol. The maximum Gasteiger partial charge on any atom is 0.0517 e. The van der Waals surface area contributed by atoms with Crippen molar-refractivity contribution in [2.24, 2.45) is 0 Å². The molecule has 0 aliphatic carbocycles. The van der Waals surface area contributed by atoms with Crippen molar-refractivity contribution < 1.29 is 0 Å². The summed E-state index contributed by atoms with van der Waals surface area (Å²) < 4.78 is 0. The first-order valence-electron chi connectivity index (χ1n) is 10.6. The molecule has 0 amide bonds. The quantitative estimate of drug-likeness (QED) is 0.365. The minimum atomic E-state index is 0.330. The minimum absolute atomic E-state index is 0.330. The Kier molecular flexibility index (Phi) is 4.60. The van der Waals surface area contributed by atoms with Gasteiger partial charge in [0, 0.05) is 17.6 Å². The van der Waals surface area contributed by atoms with Crippen molar-refractivity contribution in [1.82, 2.24) is 0 Å². The maximum absolute atomic E-state index is 2.63. The van der Waals surface area contributed by atoms with Crippen LogP contribution in [0.2, 0.25) is 0 Å². The van der Waals surface area contributed by atoms with Gasteiger partial charge in [-0.2, -0.15) is 0 Å². The molecular formula is C28H27N. The molecule has 3 atom stereocenters. The zero-order valence-electron chi connectivity index (χ0n) is 17.1. The van der Waals surface area contributed by atoms with Gasteiger partial charge < -0.3 is 4.90 Å². The number of para-hydroxylation sites is 1. The van der Waals surface area contributed by atoms with Crippen molar-refractivity contribution in [2.45, 2.75) is 38.3 Å². The van der Waals surface area contributed by atoms with Gasteiger partial charge in [0.2, 0.25) is 0 Å². The van der Waals surface area contributed by atoms with Gasteiger partial charge in [-0.1, -0.05) is 84.9 Å². The molecule has 29 heavy (non-hydrogen) atoms. The van der Waals surface area contributed by atoms with Gasteiger partial charge in [-0.3, -0.25) is 0 Å². The second-order valence-corrected chi connectivity index (χ2v) is 8.29. The fraction of sp³-hybridized carbons (Fsp3) is 0.214. The van der Waals surface area contributed by atoms with Crippen molar-refractivity contribution in [3.05, 3.63) is 114 Å². The fourth-order valence-electron chi connectivity index (χ4n) is 5.05. The molecule has 0 aromatic heterocycles. The van der Waals surface area contributed by atoms with Crippen molar-refractivity contribution in [2.75, 3.05) is 4.90 Å². The number of fused-ring (bicyclic) bond motifs is 2. The molecule has 0 saturated carbocycles. The fourth-order valence-corrected chi connectivity index (χ4v) is 5.05. The van der Waals surface area contributed by atoms with Gasteiger partial charge in [0.1, 0.15) is 0 Å². The number of hydrogen-bond acceptors (Lipinski definition) is 1. The van der Waals surface area contributed by atoms with Crippen LogP contribution in [0, 0.1) is 0 Å². The topological polar surface area (TPSA) is 3.24 Å². The van der Waals surface area contributed by atoms with Crippen LogP contribution < -0.4 is 4.90 Å². The molecule has 1 heteroatoms. The lowest BCUT2D eigenvalue weighted by atomic mass is 9.89. The molecule has 1 aliphatic heterocycles. The molecule has 5 rings (SSSR count). The van der Waals surface area contributed by atoms with E-state index < -0.39 is 0 Å². The van der Waals surface area contributed by atoms with E-state index in [1.807, 2.05) is 0 Å². The van der Waals surface area contributed by atoms with E-state index in [0.717, 1.165) is 6.42 Å². The van der Waals surface area contributed by atoms with Gasteiger partial charge in [0.15, 0.2) is 0 Å². The molecule has 0 spiro atoms. The first-order chi connectivity index (χ1) is 14.2. The van der Waals surface area contributed by atoms with Gasteiger partial charge >= 0.3 is 0 Å². The Morgan fingerprint density at radius 2 is 1.45 bits per heavy atom. The molecule has 0 saturated heterocycles. The van der Waals surface area contributed by atoms with Crippen LogP contribution in [-0.4, -0.2) is 6.04 Å². The van der Waals surface area contributed by atoms with Crippen LogP contribution in [0.1, 0.15) is 42.5 Å². The highest BCUT2D eigenvalue weighted by Crippen LogP contribution is 2.46. The molecule has 4 aromatic carbocycles. The van der Waals surface area contributed by atoms with Crippen molar-refractivity contribution >= 4 is 16.5 Å². The van der Waals surface area contributed by atoms with E-state index in [2.05, 4.69) is 116 Å². The van der Waals surface area contributed by atoms with Gasteiger partial charge in [0.25, 0.3) is 0 Å². The molecule has 0 bridgehead atoms. The largest absolute Gasteiger partial charge is 0.361 e. The normalized spacial score (nSPS) is 19.3.